The van der Waals surface area contributed by atoms with Gasteiger partial charge in [-0.15, -0.1) is 0 Å². The van der Waals surface area contributed by atoms with Crippen molar-refractivity contribution in [1.82, 2.24) is 4.57 Å². The van der Waals surface area contributed by atoms with E-state index in [1.807, 2.05) is 0 Å². The van der Waals surface area contributed by atoms with E-state index in [9.17, 15) is 14.0 Å². The van der Waals surface area contributed by atoms with Gasteiger partial charge in [0.15, 0.2) is 0 Å². The maximum atomic E-state index is 13.3. The lowest BCUT2D eigenvalue weighted by Gasteiger charge is -2.10. The Bertz CT molecular complexity index is 1030. The summed E-state index contributed by atoms with van der Waals surface area (Å²) in [6.45, 7) is 0.152. The average Bonchev–Trinajstić information content (AvgIpc) is 2.59. The smallest absolute Gasteiger partial charge is 0.257 e. The highest BCUT2D eigenvalue weighted by molar-refractivity contribution is 6.36. The van der Waals surface area contributed by atoms with E-state index in [1.165, 1.54) is 41.1 Å². The number of anilines is 1. The molecule has 3 rings (SSSR count). The first kappa shape index (κ1) is 18.2. The highest BCUT2D eigenvalue weighted by Gasteiger charge is 2.11. The van der Waals surface area contributed by atoms with Crippen LogP contribution in [-0.4, -0.2) is 10.5 Å². The zero-order valence-electron chi connectivity index (χ0n) is 13.4. The van der Waals surface area contributed by atoms with Gasteiger partial charge in [-0.1, -0.05) is 35.3 Å². The van der Waals surface area contributed by atoms with Crippen molar-refractivity contribution < 1.29 is 9.18 Å². The molecule has 2 aromatic carbocycles. The second-order valence-corrected chi connectivity index (χ2v) is 6.44. The lowest BCUT2D eigenvalue weighted by molar-refractivity contribution is 0.102. The number of halogens is 3. The molecule has 0 saturated carbocycles. The highest BCUT2D eigenvalue weighted by atomic mass is 35.5. The number of hydrogen-bond acceptors (Lipinski definition) is 2. The molecule has 1 heterocycles. The van der Waals surface area contributed by atoms with Gasteiger partial charge in [0.25, 0.3) is 11.5 Å². The van der Waals surface area contributed by atoms with Crippen LogP contribution in [0.25, 0.3) is 0 Å². The molecule has 4 nitrogen and oxygen atoms in total. The van der Waals surface area contributed by atoms with Crippen molar-refractivity contribution >= 4 is 34.8 Å². The number of hydrogen-bond donors (Lipinski definition) is 1. The largest absolute Gasteiger partial charge is 0.321 e. The number of aromatic nitrogens is 1. The quantitative estimate of drug-likeness (QED) is 0.707. The Morgan fingerprint density at radius 3 is 2.62 bits per heavy atom. The summed E-state index contributed by atoms with van der Waals surface area (Å²) in [4.78, 5) is 24.5. The summed E-state index contributed by atoms with van der Waals surface area (Å²) >= 11 is 11.9. The van der Waals surface area contributed by atoms with Crippen LogP contribution in [0.1, 0.15) is 15.9 Å². The molecule has 0 fully saturated rings. The minimum absolute atomic E-state index is 0.152. The third kappa shape index (κ3) is 4.31. The molecular formula is C19H13Cl2FN2O2. The van der Waals surface area contributed by atoms with E-state index in [2.05, 4.69) is 5.32 Å². The van der Waals surface area contributed by atoms with Gasteiger partial charge in [-0.25, -0.2) is 4.39 Å². The van der Waals surface area contributed by atoms with Crippen molar-refractivity contribution in [2.24, 2.45) is 0 Å². The number of nitrogens with zero attached hydrogens (tertiary/aromatic N) is 1. The Hall–Kier alpha value is -2.63. The van der Waals surface area contributed by atoms with Crippen molar-refractivity contribution in [3.05, 3.63) is 98.1 Å². The first-order valence-electron chi connectivity index (χ1n) is 7.64. The maximum absolute atomic E-state index is 13.3. The molecule has 3 aromatic rings. The van der Waals surface area contributed by atoms with E-state index >= 15 is 0 Å². The maximum Gasteiger partial charge on any atom is 0.257 e. The van der Waals surface area contributed by atoms with Gasteiger partial charge in [-0.05, 0) is 42.0 Å². The Morgan fingerprint density at radius 1 is 1.08 bits per heavy atom. The predicted octanol–water partition coefficient (Wildman–Crippen LogP) is 4.59. The van der Waals surface area contributed by atoms with Crippen molar-refractivity contribution in [2.45, 2.75) is 6.54 Å². The minimum Gasteiger partial charge on any atom is -0.321 e. The third-order valence-corrected chi connectivity index (χ3v) is 4.21. The minimum atomic E-state index is -0.429. The Balaban J connectivity index is 1.84. The van der Waals surface area contributed by atoms with E-state index in [1.54, 1.807) is 24.3 Å². The summed E-state index contributed by atoms with van der Waals surface area (Å²) < 4.78 is 14.7. The van der Waals surface area contributed by atoms with E-state index in [4.69, 9.17) is 23.2 Å². The van der Waals surface area contributed by atoms with Crippen LogP contribution in [0, 0.1) is 5.82 Å². The number of nitrogens with one attached hydrogen (secondary N) is 1. The molecular weight excluding hydrogens is 378 g/mol. The van der Waals surface area contributed by atoms with Crippen LogP contribution in [0.15, 0.2) is 65.6 Å². The van der Waals surface area contributed by atoms with Crippen LogP contribution in [0.3, 0.4) is 0 Å². The molecule has 0 spiro atoms. The molecule has 0 bridgehead atoms. The third-order valence-electron chi connectivity index (χ3n) is 3.67. The molecule has 0 aliphatic carbocycles. The average molecular weight is 391 g/mol. The van der Waals surface area contributed by atoms with E-state index in [0.717, 1.165) is 0 Å². The van der Waals surface area contributed by atoms with Crippen molar-refractivity contribution in [1.29, 1.82) is 0 Å². The van der Waals surface area contributed by atoms with Gasteiger partial charge in [0.1, 0.15) is 5.82 Å². The normalized spacial score (nSPS) is 10.6. The fraction of sp³-hybridized carbons (Fsp3) is 0.0526. The molecule has 1 aromatic heterocycles. The van der Waals surface area contributed by atoms with Crippen LogP contribution < -0.4 is 10.9 Å². The zero-order valence-corrected chi connectivity index (χ0v) is 14.9. The number of carbonyl (C=O) groups excluding carboxylic acids is 1. The molecule has 0 atom stereocenters. The summed E-state index contributed by atoms with van der Waals surface area (Å²) in [6.07, 6.45) is 1.42. The summed E-state index contributed by atoms with van der Waals surface area (Å²) in [5.74, 6) is -0.816. The van der Waals surface area contributed by atoms with Crippen LogP contribution >= 0.6 is 23.2 Å². The highest BCUT2D eigenvalue weighted by Crippen LogP contribution is 2.25. The fourth-order valence-electron chi connectivity index (χ4n) is 2.41. The SMILES string of the molecule is O=C(Nc1ccc(Cl)cc1Cl)c1ccc(=O)n(Cc2cccc(F)c2)c1. The fourth-order valence-corrected chi connectivity index (χ4v) is 2.86. The van der Waals surface area contributed by atoms with Crippen LogP contribution in [-0.2, 0) is 6.54 Å². The lowest BCUT2D eigenvalue weighted by Crippen LogP contribution is -2.22. The number of rotatable bonds is 4. The molecule has 0 saturated heterocycles. The van der Waals surface area contributed by atoms with E-state index in [0.29, 0.717) is 21.3 Å². The number of benzene rings is 2. The molecule has 132 valence electrons. The molecule has 0 aliphatic heterocycles. The number of pyridine rings is 1. The van der Waals surface area contributed by atoms with Crippen LogP contribution in [0.2, 0.25) is 10.0 Å². The second-order valence-electron chi connectivity index (χ2n) is 5.59. The van der Waals surface area contributed by atoms with E-state index in [-0.39, 0.29) is 23.5 Å². The summed E-state index contributed by atoms with van der Waals surface area (Å²) in [6, 6.07) is 13.4. The first-order chi connectivity index (χ1) is 12.4. The monoisotopic (exact) mass is 390 g/mol. The van der Waals surface area contributed by atoms with Crippen molar-refractivity contribution in [2.75, 3.05) is 5.32 Å². The van der Waals surface area contributed by atoms with E-state index < -0.39 is 5.91 Å². The van der Waals surface area contributed by atoms with Gasteiger partial charge < -0.3 is 9.88 Å². The molecule has 0 unspecified atom stereocenters. The molecule has 26 heavy (non-hydrogen) atoms. The van der Waals surface area contributed by atoms with Crippen molar-refractivity contribution in [3.8, 4) is 0 Å². The predicted molar refractivity (Wildman–Crippen MR) is 101 cm³/mol. The van der Waals surface area contributed by atoms with Crippen molar-refractivity contribution in [3.63, 3.8) is 0 Å². The molecule has 0 radical (unpaired) electrons. The van der Waals surface area contributed by atoms with Gasteiger partial charge in [-0.2, -0.15) is 0 Å². The zero-order chi connectivity index (χ0) is 18.7. The van der Waals surface area contributed by atoms with Gasteiger partial charge in [0.05, 0.1) is 22.8 Å². The van der Waals surface area contributed by atoms with Gasteiger partial charge in [0.2, 0.25) is 0 Å². The van der Waals surface area contributed by atoms with Crippen LogP contribution in [0.5, 0.6) is 0 Å². The van der Waals surface area contributed by atoms with Gasteiger partial charge in [0, 0.05) is 17.3 Å². The summed E-state index contributed by atoms with van der Waals surface area (Å²) in [7, 11) is 0. The topological polar surface area (TPSA) is 51.1 Å². The molecule has 1 N–H and O–H groups in total. The first-order valence-corrected chi connectivity index (χ1v) is 8.39. The standard InChI is InChI=1S/C19H13Cl2FN2O2/c20-14-5-6-17(16(21)9-14)23-19(26)13-4-7-18(25)24(11-13)10-12-2-1-3-15(22)8-12/h1-9,11H,10H2,(H,23,26). The lowest BCUT2D eigenvalue weighted by atomic mass is 10.2. The Kier molecular flexibility index (Phi) is 5.40. The number of carbonyl (C=O) groups is 1. The van der Waals surface area contributed by atoms with Gasteiger partial charge >= 0.3 is 0 Å². The van der Waals surface area contributed by atoms with Gasteiger partial charge in [-0.3, -0.25) is 9.59 Å². The molecule has 7 heteroatoms. The van der Waals surface area contributed by atoms with Crippen LogP contribution in [0.4, 0.5) is 10.1 Å². The summed E-state index contributed by atoms with van der Waals surface area (Å²) in [5, 5.41) is 3.43. The second kappa shape index (κ2) is 7.72. The number of amides is 1. The Labute approximate surface area is 158 Å². The molecule has 0 aliphatic rings. The Morgan fingerprint density at radius 2 is 1.88 bits per heavy atom. The molecule has 1 amide bonds. The summed E-state index contributed by atoms with van der Waals surface area (Å²) in [5.41, 5.74) is 0.997.